The third-order valence-corrected chi connectivity index (χ3v) is 6.25. The molecule has 0 bridgehead atoms. The Morgan fingerprint density at radius 3 is 2.54 bits per heavy atom. The van der Waals surface area contributed by atoms with Crippen molar-refractivity contribution in [2.75, 3.05) is 18.8 Å². The molecule has 1 fully saturated rings. The minimum Gasteiger partial charge on any atom is -0.429 e. The van der Waals surface area contributed by atoms with E-state index in [4.69, 9.17) is 21.4 Å². The molecular formula is C16H22N2O4S2. The van der Waals surface area contributed by atoms with E-state index in [2.05, 4.69) is 4.90 Å². The fraction of sp³-hybridized carbons (Fsp3) is 0.562. The van der Waals surface area contributed by atoms with Crippen molar-refractivity contribution in [1.82, 2.24) is 9.47 Å². The summed E-state index contributed by atoms with van der Waals surface area (Å²) in [6.07, 6.45) is 0.300. The third-order valence-electron chi connectivity index (χ3n) is 4.21. The van der Waals surface area contributed by atoms with Gasteiger partial charge in [-0.3, -0.25) is 9.47 Å². The third kappa shape index (κ3) is 3.42. The lowest BCUT2D eigenvalue weighted by Gasteiger charge is -2.35. The number of oxazole rings is 1. The zero-order chi connectivity index (χ0) is 17.5. The van der Waals surface area contributed by atoms with Crippen molar-refractivity contribution in [3.8, 4) is 0 Å². The van der Waals surface area contributed by atoms with Gasteiger partial charge in [0.15, 0.2) is 15.4 Å². The zero-order valence-electron chi connectivity index (χ0n) is 14.1. The average molecular weight is 370 g/mol. The Labute approximate surface area is 146 Å². The number of morpholine rings is 1. The van der Waals surface area contributed by atoms with Crippen molar-refractivity contribution < 1.29 is 17.6 Å². The second-order valence-corrected chi connectivity index (χ2v) is 8.89. The van der Waals surface area contributed by atoms with Gasteiger partial charge in [0.1, 0.15) is 0 Å². The highest BCUT2D eigenvalue weighted by Crippen LogP contribution is 2.23. The van der Waals surface area contributed by atoms with Gasteiger partial charge in [-0.15, -0.1) is 0 Å². The predicted molar refractivity (Wildman–Crippen MR) is 94.3 cm³/mol. The largest absolute Gasteiger partial charge is 0.429 e. The van der Waals surface area contributed by atoms with E-state index in [9.17, 15) is 8.42 Å². The quantitative estimate of drug-likeness (QED) is 0.771. The summed E-state index contributed by atoms with van der Waals surface area (Å²) in [6, 6.07) is 4.90. The molecule has 0 aliphatic carbocycles. The number of ether oxygens (including phenoxy) is 1. The molecular weight excluding hydrogens is 348 g/mol. The van der Waals surface area contributed by atoms with Crippen LogP contribution in [0.5, 0.6) is 0 Å². The number of aromatic nitrogens is 1. The smallest absolute Gasteiger partial charge is 0.270 e. The van der Waals surface area contributed by atoms with Gasteiger partial charge in [-0.2, -0.15) is 0 Å². The minimum atomic E-state index is -3.27. The first-order chi connectivity index (χ1) is 11.3. The molecule has 1 aromatic carbocycles. The van der Waals surface area contributed by atoms with E-state index in [1.807, 2.05) is 18.4 Å². The molecule has 0 saturated carbocycles. The Balaban J connectivity index is 1.99. The van der Waals surface area contributed by atoms with Gasteiger partial charge in [-0.1, -0.05) is 6.92 Å². The first-order valence-electron chi connectivity index (χ1n) is 8.04. The molecule has 2 atom stereocenters. The van der Waals surface area contributed by atoms with E-state index in [-0.39, 0.29) is 18.0 Å². The molecule has 0 radical (unpaired) electrons. The molecule has 1 aliphatic heterocycles. The summed E-state index contributed by atoms with van der Waals surface area (Å²) >= 11 is 5.33. The van der Waals surface area contributed by atoms with Gasteiger partial charge < -0.3 is 9.15 Å². The van der Waals surface area contributed by atoms with E-state index < -0.39 is 9.84 Å². The summed E-state index contributed by atoms with van der Waals surface area (Å²) in [5, 5.41) is 0. The second kappa shape index (κ2) is 6.59. The number of hydrogen-bond donors (Lipinski definition) is 0. The molecule has 2 heterocycles. The Bertz CT molecular complexity index is 890. The van der Waals surface area contributed by atoms with Crippen molar-refractivity contribution >= 4 is 33.2 Å². The number of benzene rings is 1. The highest BCUT2D eigenvalue weighted by Gasteiger charge is 2.23. The normalized spacial score (nSPS) is 23.0. The highest BCUT2D eigenvalue weighted by molar-refractivity contribution is 7.91. The number of hydrogen-bond acceptors (Lipinski definition) is 6. The lowest BCUT2D eigenvalue weighted by atomic mass is 10.2. The molecule has 0 spiro atoms. The maximum Gasteiger partial charge on any atom is 0.270 e. The van der Waals surface area contributed by atoms with E-state index in [1.165, 1.54) is 0 Å². The topological polar surface area (TPSA) is 64.7 Å². The van der Waals surface area contributed by atoms with Crippen LogP contribution in [0.4, 0.5) is 0 Å². The van der Waals surface area contributed by atoms with Crippen LogP contribution in [0, 0.1) is 4.84 Å². The number of nitrogens with zero attached hydrogens (tertiary/aromatic N) is 2. The molecule has 0 N–H and O–H groups in total. The Morgan fingerprint density at radius 2 is 1.92 bits per heavy atom. The summed E-state index contributed by atoms with van der Waals surface area (Å²) in [7, 11) is -3.27. The van der Waals surface area contributed by atoms with Crippen LogP contribution < -0.4 is 0 Å². The summed E-state index contributed by atoms with van der Waals surface area (Å²) in [5.41, 5.74) is 1.31. The standard InChI is InChI=1S/C16H22N2O4S2/c1-4-24(19,20)13-5-6-15-14(7-13)18(16(23)22-15)10-17-8-11(2)21-12(3)9-17/h5-7,11-12H,4,8-10H2,1-3H3/t11-,12-/m0/s1. The number of sulfone groups is 1. The van der Waals surface area contributed by atoms with E-state index in [1.54, 1.807) is 25.1 Å². The van der Waals surface area contributed by atoms with Crippen LogP contribution in [0.15, 0.2) is 27.5 Å². The first kappa shape index (κ1) is 17.6. The molecule has 2 aromatic rings. The van der Waals surface area contributed by atoms with Crippen molar-refractivity contribution in [2.24, 2.45) is 0 Å². The van der Waals surface area contributed by atoms with Crippen LogP contribution in [-0.4, -0.2) is 48.9 Å². The molecule has 3 rings (SSSR count). The van der Waals surface area contributed by atoms with Crippen LogP contribution in [0.25, 0.3) is 11.1 Å². The van der Waals surface area contributed by atoms with Gasteiger partial charge >= 0.3 is 0 Å². The molecule has 0 amide bonds. The van der Waals surface area contributed by atoms with E-state index in [0.29, 0.717) is 27.5 Å². The molecule has 0 unspecified atom stereocenters. The van der Waals surface area contributed by atoms with Crippen LogP contribution in [0.2, 0.25) is 0 Å². The average Bonchev–Trinajstić information content (AvgIpc) is 2.81. The zero-order valence-corrected chi connectivity index (χ0v) is 15.7. The molecule has 132 valence electrons. The molecule has 1 aliphatic rings. The van der Waals surface area contributed by atoms with Gasteiger partial charge in [0.05, 0.1) is 35.0 Å². The molecule has 1 aromatic heterocycles. The summed E-state index contributed by atoms with van der Waals surface area (Å²) in [5.74, 6) is 0.0651. The van der Waals surface area contributed by atoms with Crippen molar-refractivity contribution in [3.05, 3.63) is 23.0 Å². The maximum absolute atomic E-state index is 12.1. The van der Waals surface area contributed by atoms with Gasteiger partial charge in [0, 0.05) is 13.1 Å². The fourth-order valence-corrected chi connectivity index (χ4v) is 4.28. The molecule has 24 heavy (non-hydrogen) atoms. The minimum absolute atomic E-state index is 0.0651. The lowest BCUT2D eigenvalue weighted by Crippen LogP contribution is -2.45. The molecule has 8 heteroatoms. The van der Waals surface area contributed by atoms with Gasteiger partial charge in [-0.05, 0) is 44.3 Å². The van der Waals surface area contributed by atoms with Crippen LogP contribution >= 0.6 is 12.2 Å². The van der Waals surface area contributed by atoms with Crippen LogP contribution in [0.3, 0.4) is 0 Å². The number of rotatable bonds is 4. The second-order valence-electron chi connectivity index (χ2n) is 6.26. The van der Waals surface area contributed by atoms with Crippen LogP contribution in [0.1, 0.15) is 20.8 Å². The summed E-state index contributed by atoms with van der Waals surface area (Å²) in [6.45, 7) is 7.87. The van der Waals surface area contributed by atoms with Gasteiger partial charge in [0.25, 0.3) is 4.84 Å². The SMILES string of the molecule is CCS(=O)(=O)c1ccc2oc(=S)n(CN3C[C@H](C)O[C@@H](C)C3)c2c1. The first-order valence-corrected chi connectivity index (χ1v) is 10.1. The summed E-state index contributed by atoms with van der Waals surface area (Å²) < 4.78 is 37.5. The molecule has 1 saturated heterocycles. The van der Waals surface area contributed by atoms with E-state index in [0.717, 1.165) is 13.1 Å². The van der Waals surface area contributed by atoms with Crippen LogP contribution in [-0.2, 0) is 21.2 Å². The van der Waals surface area contributed by atoms with E-state index >= 15 is 0 Å². The Hall–Kier alpha value is -1.22. The molecule has 6 nitrogen and oxygen atoms in total. The summed E-state index contributed by atoms with van der Waals surface area (Å²) in [4.78, 5) is 2.89. The van der Waals surface area contributed by atoms with Crippen molar-refractivity contribution in [3.63, 3.8) is 0 Å². The maximum atomic E-state index is 12.1. The fourth-order valence-electron chi connectivity index (χ4n) is 3.14. The highest BCUT2D eigenvalue weighted by atomic mass is 32.2. The van der Waals surface area contributed by atoms with Gasteiger partial charge in [-0.25, -0.2) is 8.42 Å². The monoisotopic (exact) mass is 370 g/mol. The Kier molecular flexibility index (Phi) is 4.83. The van der Waals surface area contributed by atoms with Crippen molar-refractivity contribution in [2.45, 2.75) is 44.5 Å². The lowest BCUT2D eigenvalue weighted by molar-refractivity contribution is -0.0764. The Morgan fingerprint density at radius 1 is 1.25 bits per heavy atom. The predicted octanol–water partition coefficient (Wildman–Crippen LogP) is 2.82. The van der Waals surface area contributed by atoms with Gasteiger partial charge in [0.2, 0.25) is 0 Å². The number of fused-ring (bicyclic) bond motifs is 1. The van der Waals surface area contributed by atoms with Crippen molar-refractivity contribution in [1.29, 1.82) is 0 Å².